The third-order valence-corrected chi connectivity index (χ3v) is 3.38. The quantitative estimate of drug-likeness (QED) is 0.849. The molecule has 0 bridgehead atoms. The number of hydrogen-bond donors (Lipinski definition) is 1. The van der Waals surface area contributed by atoms with E-state index in [0.29, 0.717) is 6.54 Å². The Bertz CT molecular complexity index is 421. The number of aromatic nitrogens is 1. The molecule has 1 aliphatic heterocycles. The summed E-state index contributed by atoms with van der Waals surface area (Å²) in [4.78, 5) is 20.7. The lowest BCUT2D eigenvalue weighted by atomic mass is 10.1. The first kappa shape index (κ1) is 14.0. The molecule has 1 fully saturated rings. The van der Waals surface area contributed by atoms with Gasteiger partial charge in [-0.05, 0) is 33.2 Å². The van der Waals surface area contributed by atoms with Gasteiger partial charge >= 0.3 is 0 Å². The predicted octanol–water partition coefficient (Wildman–Crippen LogP) is 0.332. The number of piperazine rings is 1. The molecule has 1 amide bonds. The first-order valence-electron chi connectivity index (χ1n) is 6.66. The Morgan fingerprint density at radius 2 is 2.26 bits per heavy atom. The second kappa shape index (κ2) is 6.12. The molecule has 1 saturated heterocycles. The third-order valence-electron chi connectivity index (χ3n) is 3.38. The number of carbonyl (C=O) groups is 1. The Kier molecular flexibility index (Phi) is 4.50. The molecule has 0 saturated carbocycles. The summed E-state index contributed by atoms with van der Waals surface area (Å²) in [6.07, 6.45) is 1.77. The lowest BCUT2D eigenvalue weighted by Crippen LogP contribution is -2.61. The molecule has 1 N–H and O–H groups in total. The van der Waals surface area contributed by atoms with E-state index in [-0.39, 0.29) is 18.0 Å². The normalized spacial score (nSPS) is 24.0. The van der Waals surface area contributed by atoms with Crippen molar-refractivity contribution in [3.05, 3.63) is 30.1 Å². The molecule has 5 heteroatoms. The minimum atomic E-state index is -0.116. The van der Waals surface area contributed by atoms with E-state index >= 15 is 0 Å². The van der Waals surface area contributed by atoms with Gasteiger partial charge in [-0.3, -0.25) is 9.78 Å². The molecular formula is C14H22N4O. The molecule has 0 radical (unpaired) electrons. The summed E-state index contributed by atoms with van der Waals surface area (Å²) in [5.74, 6) is 0.165. The van der Waals surface area contributed by atoms with Crippen LogP contribution in [-0.2, 0) is 11.3 Å². The number of nitrogens with zero attached hydrogens (tertiary/aromatic N) is 3. The number of pyridine rings is 1. The molecule has 104 valence electrons. The van der Waals surface area contributed by atoms with Crippen molar-refractivity contribution < 1.29 is 4.79 Å². The van der Waals surface area contributed by atoms with Gasteiger partial charge in [0.05, 0.1) is 18.3 Å². The topological polar surface area (TPSA) is 48.5 Å². The maximum atomic E-state index is 12.5. The van der Waals surface area contributed by atoms with Gasteiger partial charge in [-0.2, -0.15) is 0 Å². The maximum Gasteiger partial charge on any atom is 0.241 e. The van der Waals surface area contributed by atoms with Gasteiger partial charge in [-0.1, -0.05) is 6.07 Å². The Labute approximate surface area is 114 Å². The Morgan fingerprint density at radius 3 is 2.89 bits per heavy atom. The van der Waals surface area contributed by atoms with Crippen molar-refractivity contribution >= 4 is 5.91 Å². The SMILES string of the molecule is CC1CNC(CN(C)C)C(=O)N1Cc1ccccn1. The van der Waals surface area contributed by atoms with Crippen LogP contribution in [-0.4, -0.2) is 60.0 Å². The van der Waals surface area contributed by atoms with Crippen LogP contribution in [0.15, 0.2) is 24.4 Å². The van der Waals surface area contributed by atoms with Crippen LogP contribution < -0.4 is 5.32 Å². The highest BCUT2D eigenvalue weighted by Gasteiger charge is 2.32. The molecule has 2 heterocycles. The van der Waals surface area contributed by atoms with Crippen LogP contribution in [0.3, 0.4) is 0 Å². The van der Waals surface area contributed by atoms with Crippen LogP contribution in [0.25, 0.3) is 0 Å². The zero-order valence-electron chi connectivity index (χ0n) is 11.8. The van der Waals surface area contributed by atoms with Crippen molar-refractivity contribution in [3.8, 4) is 0 Å². The number of amides is 1. The van der Waals surface area contributed by atoms with Crippen LogP contribution in [0.2, 0.25) is 0 Å². The molecule has 1 aliphatic rings. The average molecular weight is 262 g/mol. The standard InChI is InChI=1S/C14H22N4O/c1-11-8-16-13(10-17(2)3)14(19)18(11)9-12-6-4-5-7-15-12/h4-7,11,13,16H,8-10H2,1-3H3. The highest BCUT2D eigenvalue weighted by Crippen LogP contribution is 2.12. The van der Waals surface area contributed by atoms with E-state index in [1.165, 1.54) is 0 Å². The van der Waals surface area contributed by atoms with Gasteiger partial charge in [0.25, 0.3) is 0 Å². The van der Waals surface area contributed by atoms with E-state index in [9.17, 15) is 4.79 Å². The maximum absolute atomic E-state index is 12.5. The predicted molar refractivity (Wildman–Crippen MR) is 74.6 cm³/mol. The minimum absolute atomic E-state index is 0.116. The summed E-state index contributed by atoms with van der Waals surface area (Å²) in [6, 6.07) is 5.89. The fourth-order valence-corrected chi connectivity index (χ4v) is 2.34. The summed E-state index contributed by atoms with van der Waals surface area (Å²) >= 11 is 0. The van der Waals surface area contributed by atoms with Gasteiger partial charge < -0.3 is 15.1 Å². The third kappa shape index (κ3) is 3.52. The van der Waals surface area contributed by atoms with E-state index in [1.807, 2.05) is 42.1 Å². The van der Waals surface area contributed by atoms with Crippen LogP contribution in [0.5, 0.6) is 0 Å². The van der Waals surface area contributed by atoms with Crippen molar-refractivity contribution in [3.63, 3.8) is 0 Å². The summed E-state index contributed by atoms with van der Waals surface area (Å²) in [5, 5.41) is 3.31. The highest BCUT2D eigenvalue weighted by molar-refractivity contribution is 5.83. The van der Waals surface area contributed by atoms with Crippen molar-refractivity contribution in [2.24, 2.45) is 0 Å². The second-order valence-electron chi connectivity index (χ2n) is 5.36. The molecule has 1 aromatic rings. The van der Waals surface area contributed by atoms with Crippen molar-refractivity contribution in [1.82, 2.24) is 20.1 Å². The van der Waals surface area contributed by atoms with Crippen molar-refractivity contribution in [1.29, 1.82) is 0 Å². The molecule has 0 aliphatic carbocycles. The summed E-state index contributed by atoms with van der Waals surface area (Å²) in [6.45, 7) is 4.22. The number of rotatable bonds is 4. The Balaban J connectivity index is 2.06. The number of carbonyl (C=O) groups excluding carboxylic acids is 1. The van der Waals surface area contributed by atoms with E-state index < -0.39 is 0 Å². The zero-order chi connectivity index (χ0) is 13.8. The summed E-state index contributed by atoms with van der Waals surface area (Å²) < 4.78 is 0. The van der Waals surface area contributed by atoms with Crippen LogP contribution in [0, 0.1) is 0 Å². The fraction of sp³-hybridized carbons (Fsp3) is 0.571. The molecule has 0 spiro atoms. The van der Waals surface area contributed by atoms with Crippen LogP contribution in [0.1, 0.15) is 12.6 Å². The van der Waals surface area contributed by atoms with E-state index in [0.717, 1.165) is 18.8 Å². The Hall–Kier alpha value is -1.46. The van der Waals surface area contributed by atoms with Crippen molar-refractivity contribution in [2.45, 2.75) is 25.6 Å². The van der Waals surface area contributed by atoms with E-state index in [2.05, 4.69) is 17.2 Å². The molecular weight excluding hydrogens is 240 g/mol. The van der Waals surface area contributed by atoms with Gasteiger partial charge in [0.1, 0.15) is 0 Å². The molecule has 0 aromatic carbocycles. The monoisotopic (exact) mass is 262 g/mol. The van der Waals surface area contributed by atoms with Crippen LogP contribution >= 0.6 is 0 Å². The molecule has 2 rings (SSSR count). The minimum Gasteiger partial charge on any atom is -0.331 e. The fourth-order valence-electron chi connectivity index (χ4n) is 2.34. The first-order valence-corrected chi connectivity index (χ1v) is 6.66. The summed E-state index contributed by atoms with van der Waals surface area (Å²) in [7, 11) is 3.96. The van der Waals surface area contributed by atoms with Gasteiger partial charge in [0.2, 0.25) is 5.91 Å². The molecule has 2 unspecified atom stereocenters. The summed E-state index contributed by atoms with van der Waals surface area (Å²) in [5.41, 5.74) is 0.938. The van der Waals surface area contributed by atoms with Crippen LogP contribution in [0.4, 0.5) is 0 Å². The highest BCUT2D eigenvalue weighted by atomic mass is 16.2. The molecule has 5 nitrogen and oxygen atoms in total. The average Bonchev–Trinajstić information content (AvgIpc) is 2.39. The first-order chi connectivity index (χ1) is 9.08. The lowest BCUT2D eigenvalue weighted by Gasteiger charge is -2.39. The number of likely N-dealkylation sites (N-methyl/N-ethyl adjacent to an activating group) is 1. The second-order valence-corrected chi connectivity index (χ2v) is 5.36. The largest absolute Gasteiger partial charge is 0.331 e. The lowest BCUT2D eigenvalue weighted by molar-refractivity contribution is -0.139. The van der Waals surface area contributed by atoms with E-state index in [4.69, 9.17) is 0 Å². The van der Waals surface area contributed by atoms with Crippen molar-refractivity contribution in [2.75, 3.05) is 27.2 Å². The smallest absolute Gasteiger partial charge is 0.241 e. The van der Waals surface area contributed by atoms with Gasteiger partial charge in [0, 0.05) is 25.3 Å². The van der Waals surface area contributed by atoms with Gasteiger partial charge in [-0.15, -0.1) is 0 Å². The molecule has 1 aromatic heterocycles. The zero-order valence-corrected chi connectivity index (χ0v) is 11.8. The van der Waals surface area contributed by atoms with E-state index in [1.54, 1.807) is 6.20 Å². The molecule has 19 heavy (non-hydrogen) atoms. The number of hydrogen-bond acceptors (Lipinski definition) is 4. The van der Waals surface area contributed by atoms with Gasteiger partial charge in [-0.25, -0.2) is 0 Å². The Morgan fingerprint density at radius 1 is 1.47 bits per heavy atom. The van der Waals surface area contributed by atoms with Gasteiger partial charge in [0.15, 0.2) is 0 Å². The molecule has 2 atom stereocenters. The number of nitrogens with one attached hydrogen (secondary N) is 1.